The second-order valence-corrected chi connectivity index (χ2v) is 3.78. The minimum atomic E-state index is -0.439. The van der Waals surface area contributed by atoms with E-state index in [2.05, 4.69) is 0 Å². The molecule has 0 aromatic heterocycles. The lowest BCUT2D eigenvalue weighted by atomic mass is 9.85. The molecular weight excluding hydrogens is 224 g/mol. The van der Waals surface area contributed by atoms with Crippen molar-refractivity contribution in [1.82, 2.24) is 0 Å². The highest BCUT2D eigenvalue weighted by Crippen LogP contribution is 2.26. The Labute approximate surface area is 99.8 Å². The summed E-state index contributed by atoms with van der Waals surface area (Å²) in [6.45, 7) is 0.672. The van der Waals surface area contributed by atoms with E-state index in [-0.39, 0.29) is 19.0 Å². The number of aliphatic hydroxyl groups excluding tert-OH is 1. The lowest BCUT2D eigenvalue weighted by molar-refractivity contribution is 0.234. The minimum absolute atomic E-state index is 0.0645. The van der Waals surface area contributed by atoms with Gasteiger partial charge in [0.1, 0.15) is 11.6 Å². The number of benzene rings is 1. The van der Waals surface area contributed by atoms with E-state index in [1.54, 1.807) is 6.07 Å². The van der Waals surface area contributed by atoms with Crippen LogP contribution in [-0.2, 0) is 4.65 Å². The standard InChI is InChI=1S/C11H14BFNO3/c13-7-2-3-8(16-5-1-4-15)11-10(7)9(6-14)17-12-11/h2-3,9,15H,1,4-6,14H2. The normalized spacial score (nSPS) is 17.7. The van der Waals surface area contributed by atoms with E-state index in [9.17, 15) is 4.39 Å². The summed E-state index contributed by atoms with van der Waals surface area (Å²) in [4.78, 5) is 0. The molecule has 1 heterocycles. The van der Waals surface area contributed by atoms with Crippen LogP contribution in [-0.4, -0.2) is 32.3 Å². The average molecular weight is 238 g/mol. The molecule has 2 rings (SSSR count). The molecule has 1 aliphatic rings. The van der Waals surface area contributed by atoms with Gasteiger partial charge in [-0.2, -0.15) is 0 Å². The van der Waals surface area contributed by atoms with Gasteiger partial charge in [-0.25, -0.2) is 4.39 Å². The summed E-state index contributed by atoms with van der Waals surface area (Å²) in [6.07, 6.45) is 0.0965. The third-order valence-electron chi connectivity index (χ3n) is 2.64. The van der Waals surface area contributed by atoms with Gasteiger partial charge in [-0.1, -0.05) is 0 Å². The molecule has 1 aliphatic heterocycles. The Kier molecular flexibility index (Phi) is 3.99. The number of fused-ring (bicyclic) bond motifs is 1. The van der Waals surface area contributed by atoms with E-state index in [1.807, 2.05) is 0 Å². The lowest BCUT2D eigenvalue weighted by Gasteiger charge is -2.12. The van der Waals surface area contributed by atoms with Crippen LogP contribution in [0, 0.1) is 5.82 Å². The SMILES string of the molecule is NCC1O[B]c2c(OCCCO)ccc(F)c21. The summed E-state index contributed by atoms with van der Waals surface area (Å²) < 4.78 is 24.4. The fourth-order valence-electron chi connectivity index (χ4n) is 1.80. The van der Waals surface area contributed by atoms with Crippen LogP contribution in [0.4, 0.5) is 4.39 Å². The van der Waals surface area contributed by atoms with E-state index in [4.69, 9.17) is 20.2 Å². The monoisotopic (exact) mass is 238 g/mol. The molecule has 1 aromatic carbocycles. The molecule has 6 heteroatoms. The zero-order chi connectivity index (χ0) is 12.3. The van der Waals surface area contributed by atoms with Gasteiger partial charge in [0.25, 0.3) is 0 Å². The fraction of sp³-hybridized carbons (Fsp3) is 0.455. The summed E-state index contributed by atoms with van der Waals surface area (Å²) in [5.74, 6) is 0.226. The number of hydrogen-bond acceptors (Lipinski definition) is 4. The zero-order valence-corrected chi connectivity index (χ0v) is 9.36. The van der Waals surface area contributed by atoms with Crippen LogP contribution >= 0.6 is 0 Å². The molecule has 0 spiro atoms. The van der Waals surface area contributed by atoms with Crippen LogP contribution in [0.3, 0.4) is 0 Å². The Bertz CT molecular complexity index is 403. The van der Waals surface area contributed by atoms with Crippen LogP contribution < -0.4 is 15.9 Å². The number of aliphatic hydroxyl groups is 1. The van der Waals surface area contributed by atoms with Crippen LogP contribution in [0.2, 0.25) is 0 Å². The Hall–Kier alpha value is -1.11. The highest BCUT2D eigenvalue weighted by molar-refractivity contribution is 6.50. The lowest BCUT2D eigenvalue weighted by Crippen LogP contribution is -2.19. The van der Waals surface area contributed by atoms with Crippen molar-refractivity contribution >= 4 is 12.9 Å². The molecule has 17 heavy (non-hydrogen) atoms. The van der Waals surface area contributed by atoms with Gasteiger partial charge in [-0.3, -0.25) is 0 Å². The molecule has 0 saturated carbocycles. The van der Waals surface area contributed by atoms with Gasteiger partial charge in [0, 0.05) is 25.1 Å². The van der Waals surface area contributed by atoms with E-state index in [0.717, 1.165) is 0 Å². The molecule has 0 bridgehead atoms. The number of halogens is 1. The summed E-state index contributed by atoms with van der Waals surface area (Å²) >= 11 is 0. The maximum atomic E-state index is 13.6. The first-order valence-electron chi connectivity index (χ1n) is 5.52. The van der Waals surface area contributed by atoms with E-state index < -0.39 is 6.10 Å². The van der Waals surface area contributed by atoms with Gasteiger partial charge < -0.3 is 20.2 Å². The van der Waals surface area contributed by atoms with E-state index in [0.29, 0.717) is 29.8 Å². The second-order valence-electron chi connectivity index (χ2n) is 3.78. The van der Waals surface area contributed by atoms with E-state index >= 15 is 0 Å². The third kappa shape index (κ3) is 2.43. The second kappa shape index (κ2) is 5.49. The smallest absolute Gasteiger partial charge is 0.335 e. The molecule has 0 fully saturated rings. The van der Waals surface area contributed by atoms with Gasteiger partial charge in [0.05, 0.1) is 12.7 Å². The first-order chi connectivity index (χ1) is 8.27. The van der Waals surface area contributed by atoms with Gasteiger partial charge in [0.15, 0.2) is 0 Å². The van der Waals surface area contributed by atoms with Crippen LogP contribution in [0.25, 0.3) is 0 Å². The molecule has 0 saturated heterocycles. The molecule has 91 valence electrons. The highest BCUT2D eigenvalue weighted by atomic mass is 19.1. The Morgan fingerprint density at radius 3 is 3.06 bits per heavy atom. The minimum Gasteiger partial charge on any atom is -0.494 e. The first kappa shape index (κ1) is 12.4. The van der Waals surface area contributed by atoms with Gasteiger partial charge >= 0.3 is 7.48 Å². The maximum absolute atomic E-state index is 13.6. The fourth-order valence-corrected chi connectivity index (χ4v) is 1.80. The largest absolute Gasteiger partial charge is 0.494 e. The van der Waals surface area contributed by atoms with Crippen LogP contribution in [0.15, 0.2) is 12.1 Å². The number of ether oxygens (including phenoxy) is 1. The first-order valence-corrected chi connectivity index (χ1v) is 5.52. The quantitative estimate of drug-likeness (QED) is 0.553. The Morgan fingerprint density at radius 2 is 2.35 bits per heavy atom. The molecule has 1 unspecified atom stereocenters. The van der Waals surface area contributed by atoms with Gasteiger partial charge in [-0.05, 0) is 17.6 Å². The zero-order valence-electron chi connectivity index (χ0n) is 9.36. The van der Waals surface area contributed by atoms with Crippen molar-refractivity contribution in [3.8, 4) is 5.75 Å². The molecule has 1 aromatic rings. The molecule has 1 atom stereocenters. The summed E-state index contributed by atoms with van der Waals surface area (Å²) in [7, 11) is 1.48. The van der Waals surface area contributed by atoms with Crippen LogP contribution in [0.1, 0.15) is 18.1 Å². The third-order valence-corrected chi connectivity index (χ3v) is 2.64. The summed E-state index contributed by atoms with van der Waals surface area (Å²) in [6, 6.07) is 2.91. The summed E-state index contributed by atoms with van der Waals surface area (Å²) in [5.41, 5.74) is 6.57. The van der Waals surface area contributed by atoms with Crippen molar-refractivity contribution < 1.29 is 18.9 Å². The predicted molar refractivity (Wildman–Crippen MR) is 61.9 cm³/mol. The summed E-state index contributed by atoms with van der Waals surface area (Å²) in [5, 5.41) is 8.67. The Balaban J connectivity index is 2.22. The highest BCUT2D eigenvalue weighted by Gasteiger charge is 2.29. The van der Waals surface area contributed by atoms with Crippen molar-refractivity contribution in [1.29, 1.82) is 0 Å². The predicted octanol–water partition coefficient (Wildman–Crippen LogP) is -0.139. The number of hydrogen-bond donors (Lipinski definition) is 2. The number of rotatable bonds is 5. The van der Waals surface area contributed by atoms with Gasteiger partial charge in [-0.15, -0.1) is 0 Å². The average Bonchev–Trinajstić information content (AvgIpc) is 2.77. The molecule has 0 amide bonds. The topological polar surface area (TPSA) is 64.7 Å². The number of nitrogens with two attached hydrogens (primary N) is 1. The Morgan fingerprint density at radius 1 is 1.53 bits per heavy atom. The molecule has 4 nitrogen and oxygen atoms in total. The van der Waals surface area contributed by atoms with Crippen molar-refractivity contribution in [2.45, 2.75) is 12.5 Å². The van der Waals surface area contributed by atoms with Crippen molar-refractivity contribution in [2.75, 3.05) is 19.8 Å². The molecular formula is C11H14BFNO3. The molecule has 3 N–H and O–H groups in total. The van der Waals surface area contributed by atoms with Crippen molar-refractivity contribution in [2.24, 2.45) is 5.73 Å². The van der Waals surface area contributed by atoms with Gasteiger partial charge in [0.2, 0.25) is 0 Å². The molecule has 0 aliphatic carbocycles. The maximum Gasteiger partial charge on any atom is 0.335 e. The van der Waals surface area contributed by atoms with Crippen molar-refractivity contribution in [3.05, 3.63) is 23.5 Å². The van der Waals surface area contributed by atoms with E-state index in [1.165, 1.54) is 13.5 Å². The van der Waals surface area contributed by atoms with Crippen LogP contribution in [0.5, 0.6) is 5.75 Å². The van der Waals surface area contributed by atoms with Crippen molar-refractivity contribution in [3.63, 3.8) is 0 Å². The molecule has 1 radical (unpaired) electrons.